The molecule has 0 unspecified atom stereocenters. The van der Waals surface area contributed by atoms with Crippen molar-refractivity contribution in [3.8, 4) is 0 Å². The number of ether oxygens (including phenoxy) is 2. The molecule has 4 nitrogen and oxygen atoms in total. The predicted octanol–water partition coefficient (Wildman–Crippen LogP) is 2.05. The smallest absolute Gasteiger partial charge is 0.330 e. The maximum absolute atomic E-state index is 10.4. The second-order valence-corrected chi connectivity index (χ2v) is 1.74. The minimum Gasteiger partial charge on any atom is -0.459 e. The summed E-state index contributed by atoms with van der Waals surface area (Å²) >= 11 is 0. The highest BCUT2D eigenvalue weighted by molar-refractivity contribution is 5.81. The van der Waals surface area contributed by atoms with Gasteiger partial charge in [0.2, 0.25) is 0 Å². The van der Waals surface area contributed by atoms with E-state index >= 15 is 0 Å². The molecule has 0 aliphatic carbocycles. The van der Waals surface area contributed by atoms with Crippen molar-refractivity contribution < 1.29 is 19.1 Å². The molecule has 16 heavy (non-hydrogen) atoms. The van der Waals surface area contributed by atoms with Crippen molar-refractivity contribution >= 4 is 11.9 Å². The lowest BCUT2D eigenvalue weighted by Crippen LogP contribution is -2.10. The summed E-state index contributed by atoms with van der Waals surface area (Å²) in [7, 11) is 0. The summed E-state index contributed by atoms with van der Waals surface area (Å²) in [5, 5.41) is 0. The molecule has 0 saturated heterocycles. The SMILES string of the molecule is C=C.C=C.C=CC(=O)OCCOC(=O)C=C. The third-order valence-corrected chi connectivity index (χ3v) is 0.905. The van der Waals surface area contributed by atoms with E-state index in [2.05, 4.69) is 48.9 Å². The number of hydrogen-bond donors (Lipinski definition) is 0. The fraction of sp³-hybridized carbons (Fsp3) is 0.167. The molecule has 0 aromatic carbocycles. The second-order valence-electron chi connectivity index (χ2n) is 1.74. The van der Waals surface area contributed by atoms with Crippen LogP contribution in [0, 0.1) is 0 Å². The van der Waals surface area contributed by atoms with Crippen molar-refractivity contribution in [3.63, 3.8) is 0 Å². The number of carbonyl (C=O) groups is 2. The van der Waals surface area contributed by atoms with Crippen LogP contribution in [0.2, 0.25) is 0 Å². The molecular formula is C12H18O4. The molecular weight excluding hydrogens is 208 g/mol. The Hall–Kier alpha value is -2.10. The summed E-state index contributed by atoms with van der Waals surface area (Å²) in [6.07, 6.45) is 2.07. The summed E-state index contributed by atoms with van der Waals surface area (Å²) in [4.78, 5) is 20.9. The van der Waals surface area contributed by atoms with E-state index in [1.807, 2.05) is 0 Å². The molecule has 0 amide bonds. The normalized spacial score (nSPS) is 6.75. The highest BCUT2D eigenvalue weighted by atomic mass is 16.6. The Bertz CT molecular complexity index is 197. The fourth-order valence-electron chi connectivity index (χ4n) is 0.402. The van der Waals surface area contributed by atoms with Gasteiger partial charge in [-0.3, -0.25) is 0 Å². The van der Waals surface area contributed by atoms with Gasteiger partial charge >= 0.3 is 11.9 Å². The summed E-state index contributed by atoms with van der Waals surface area (Å²) in [6, 6.07) is 0. The first-order valence-electron chi connectivity index (χ1n) is 4.29. The molecule has 0 spiro atoms. The molecule has 0 bridgehead atoms. The van der Waals surface area contributed by atoms with Crippen LogP contribution in [0.15, 0.2) is 51.6 Å². The molecule has 0 saturated carbocycles. The topological polar surface area (TPSA) is 52.6 Å². The minimum absolute atomic E-state index is 0.0322. The number of rotatable bonds is 5. The zero-order valence-electron chi connectivity index (χ0n) is 9.44. The van der Waals surface area contributed by atoms with Gasteiger partial charge in [-0.1, -0.05) is 13.2 Å². The van der Waals surface area contributed by atoms with Crippen molar-refractivity contribution in [2.75, 3.05) is 13.2 Å². The Labute approximate surface area is 96.6 Å². The van der Waals surface area contributed by atoms with Crippen molar-refractivity contribution in [1.29, 1.82) is 0 Å². The third kappa shape index (κ3) is 17.8. The average molecular weight is 226 g/mol. The Morgan fingerprint density at radius 2 is 1.06 bits per heavy atom. The van der Waals surface area contributed by atoms with E-state index in [4.69, 9.17) is 0 Å². The lowest BCUT2D eigenvalue weighted by molar-refractivity contribution is -0.146. The maximum Gasteiger partial charge on any atom is 0.330 e. The van der Waals surface area contributed by atoms with E-state index < -0.39 is 11.9 Å². The summed E-state index contributed by atoms with van der Waals surface area (Å²) in [6.45, 7) is 18.4. The maximum atomic E-state index is 10.4. The van der Waals surface area contributed by atoms with Gasteiger partial charge < -0.3 is 9.47 Å². The van der Waals surface area contributed by atoms with Crippen molar-refractivity contribution in [2.24, 2.45) is 0 Å². The van der Waals surface area contributed by atoms with Crippen LogP contribution in [0.4, 0.5) is 0 Å². The van der Waals surface area contributed by atoms with E-state index in [9.17, 15) is 9.59 Å². The summed E-state index contributed by atoms with van der Waals surface area (Å²) < 4.78 is 9.04. The van der Waals surface area contributed by atoms with Crippen LogP contribution in [0.3, 0.4) is 0 Å². The minimum atomic E-state index is -0.537. The van der Waals surface area contributed by atoms with Gasteiger partial charge in [0.05, 0.1) is 0 Å². The second kappa shape index (κ2) is 18.6. The van der Waals surface area contributed by atoms with Crippen LogP contribution < -0.4 is 0 Å². The standard InChI is InChI=1S/C8H10O4.2C2H4/c1-3-7(9)11-5-6-12-8(10)4-2;2*1-2/h3-4H,1-2,5-6H2;2*1-2H2. The van der Waals surface area contributed by atoms with Crippen LogP contribution >= 0.6 is 0 Å². The number of esters is 2. The first-order valence-corrected chi connectivity index (χ1v) is 4.29. The van der Waals surface area contributed by atoms with Crippen LogP contribution in [0.25, 0.3) is 0 Å². The van der Waals surface area contributed by atoms with Crippen molar-refractivity contribution in [2.45, 2.75) is 0 Å². The quantitative estimate of drug-likeness (QED) is 0.311. The Kier molecular flexibility index (Phi) is 22.7. The predicted molar refractivity (Wildman–Crippen MR) is 64.8 cm³/mol. The molecule has 0 aliphatic heterocycles. The van der Waals surface area contributed by atoms with E-state index in [-0.39, 0.29) is 13.2 Å². The molecule has 0 fully saturated rings. The molecule has 0 N–H and O–H groups in total. The number of carbonyl (C=O) groups excluding carboxylic acids is 2. The van der Waals surface area contributed by atoms with Gasteiger partial charge in [-0.25, -0.2) is 9.59 Å². The summed E-state index contributed by atoms with van der Waals surface area (Å²) in [5.41, 5.74) is 0. The van der Waals surface area contributed by atoms with Gasteiger partial charge in [0, 0.05) is 12.2 Å². The Balaban J connectivity index is -0.000000376. The molecule has 0 aliphatic rings. The van der Waals surface area contributed by atoms with Crippen LogP contribution in [0.1, 0.15) is 0 Å². The zero-order valence-corrected chi connectivity index (χ0v) is 9.44. The average Bonchev–Trinajstić information content (AvgIpc) is 2.38. The molecule has 0 aromatic heterocycles. The van der Waals surface area contributed by atoms with Gasteiger partial charge in [-0.05, 0) is 0 Å². The highest BCUT2D eigenvalue weighted by Gasteiger charge is 1.97. The molecule has 0 heterocycles. The largest absolute Gasteiger partial charge is 0.459 e. The van der Waals surface area contributed by atoms with E-state index in [1.54, 1.807) is 0 Å². The molecule has 90 valence electrons. The van der Waals surface area contributed by atoms with Crippen LogP contribution in [-0.2, 0) is 19.1 Å². The lowest BCUT2D eigenvalue weighted by Gasteiger charge is -2.01. The van der Waals surface area contributed by atoms with E-state index in [0.717, 1.165) is 12.2 Å². The molecule has 0 radical (unpaired) electrons. The Morgan fingerprint density at radius 3 is 1.25 bits per heavy atom. The van der Waals surface area contributed by atoms with Gasteiger partial charge in [0.25, 0.3) is 0 Å². The molecule has 0 aromatic rings. The number of hydrogen-bond acceptors (Lipinski definition) is 4. The monoisotopic (exact) mass is 226 g/mol. The fourth-order valence-corrected chi connectivity index (χ4v) is 0.402. The first kappa shape index (κ1) is 19.5. The van der Waals surface area contributed by atoms with Gasteiger partial charge in [0.1, 0.15) is 13.2 Å². The van der Waals surface area contributed by atoms with Crippen molar-refractivity contribution in [1.82, 2.24) is 0 Å². The first-order chi connectivity index (χ1) is 7.70. The van der Waals surface area contributed by atoms with Crippen LogP contribution in [-0.4, -0.2) is 25.2 Å². The van der Waals surface area contributed by atoms with E-state index in [0.29, 0.717) is 0 Å². The van der Waals surface area contributed by atoms with Gasteiger partial charge in [-0.15, -0.1) is 26.3 Å². The summed E-state index contributed by atoms with van der Waals surface area (Å²) in [5.74, 6) is -1.07. The van der Waals surface area contributed by atoms with Crippen LogP contribution in [0.5, 0.6) is 0 Å². The van der Waals surface area contributed by atoms with Gasteiger partial charge in [-0.2, -0.15) is 0 Å². The Morgan fingerprint density at radius 1 is 0.812 bits per heavy atom. The molecule has 0 atom stereocenters. The molecule has 4 heteroatoms. The lowest BCUT2D eigenvalue weighted by atomic mass is 10.6. The third-order valence-electron chi connectivity index (χ3n) is 0.905. The van der Waals surface area contributed by atoms with E-state index in [1.165, 1.54) is 0 Å². The molecule has 0 rings (SSSR count). The van der Waals surface area contributed by atoms with Crippen molar-refractivity contribution in [3.05, 3.63) is 51.6 Å². The van der Waals surface area contributed by atoms with Gasteiger partial charge in [0.15, 0.2) is 0 Å². The zero-order chi connectivity index (χ0) is 13.4. The highest BCUT2D eigenvalue weighted by Crippen LogP contribution is 1.82.